The predicted octanol–water partition coefficient (Wildman–Crippen LogP) is 2.99. The SMILES string of the molecule is CC(C(=O)N1CCNCC1C)N1CCC(Cc2ccccc2)CC1.Cl.Cl. The quantitative estimate of drug-likeness (QED) is 0.841. The molecule has 0 aromatic heterocycles. The molecular formula is C20H33Cl2N3O. The molecule has 2 atom stereocenters. The number of likely N-dealkylation sites (tertiary alicyclic amines) is 1. The Bertz CT molecular complexity index is 535. The van der Waals surface area contributed by atoms with E-state index >= 15 is 0 Å². The number of nitrogens with zero attached hydrogens (tertiary/aromatic N) is 2. The number of rotatable bonds is 4. The van der Waals surface area contributed by atoms with E-state index in [0.29, 0.717) is 11.9 Å². The number of carbonyl (C=O) groups is 1. The minimum Gasteiger partial charge on any atom is -0.336 e. The summed E-state index contributed by atoms with van der Waals surface area (Å²) in [4.78, 5) is 17.3. The molecule has 1 amide bonds. The molecule has 1 N–H and O–H groups in total. The minimum absolute atomic E-state index is 0. The van der Waals surface area contributed by atoms with Crippen LogP contribution in [0.15, 0.2) is 30.3 Å². The third-order valence-corrected chi connectivity index (χ3v) is 5.71. The van der Waals surface area contributed by atoms with E-state index in [2.05, 4.69) is 59.3 Å². The van der Waals surface area contributed by atoms with Gasteiger partial charge in [-0.05, 0) is 57.7 Å². The topological polar surface area (TPSA) is 35.6 Å². The van der Waals surface area contributed by atoms with Crippen molar-refractivity contribution in [2.75, 3.05) is 32.7 Å². The number of hydrogen-bond acceptors (Lipinski definition) is 3. The summed E-state index contributed by atoms with van der Waals surface area (Å²) < 4.78 is 0. The molecule has 0 bridgehead atoms. The van der Waals surface area contributed by atoms with E-state index in [1.807, 2.05) is 0 Å². The molecule has 0 radical (unpaired) electrons. The zero-order valence-corrected chi connectivity index (χ0v) is 17.5. The van der Waals surface area contributed by atoms with Crippen molar-refractivity contribution in [3.63, 3.8) is 0 Å². The van der Waals surface area contributed by atoms with Crippen molar-refractivity contribution < 1.29 is 4.79 Å². The molecule has 4 nitrogen and oxygen atoms in total. The normalized spacial score (nSPS) is 22.8. The van der Waals surface area contributed by atoms with Crippen molar-refractivity contribution in [3.05, 3.63) is 35.9 Å². The first kappa shape index (κ1) is 23.2. The van der Waals surface area contributed by atoms with E-state index in [4.69, 9.17) is 0 Å². The summed E-state index contributed by atoms with van der Waals surface area (Å²) in [5, 5.41) is 3.36. The summed E-state index contributed by atoms with van der Waals surface area (Å²) in [6.07, 6.45) is 3.57. The number of piperazine rings is 1. The maximum Gasteiger partial charge on any atom is 0.239 e. The Hall–Kier alpha value is -0.810. The van der Waals surface area contributed by atoms with Crippen molar-refractivity contribution in [3.8, 4) is 0 Å². The zero-order chi connectivity index (χ0) is 16.9. The van der Waals surface area contributed by atoms with Crippen LogP contribution in [0.4, 0.5) is 0 Å². The molecular weight excluding hydrogens is 369 g/mol. The molecule has 2 aliphatic heterocycles. The third kappa shape index (κ3) is 5.85. The summed E-state index contributed by atoms with van der Waals surface area (Å²) in [5.74, 6) is 1.06. The number of benzene rings is 1. The second kappa shape index (κ2) is 11.1. The van der Waals surface area contributed by atoms with Crippen LogP contribution < -0.4 is 5.32 Å². The summed E-state index contributed by atoms with van der Waals surface area (Å²) in [6, 6.07) is 11.1. The lowest BCUT2D eigenvalue weighted by atomic mass is 9.89. The summed E-state index contributed by atoms with van der Waals surface area (Å²) in [6.45, 7) is 9.00. The Balaban J connectivity index is 0.00000169. The molecule has 2 aliphatic rings. The van der Waals surface area contributed by atoms with Crippen LogP contribution in [0.25, 0.3) is 0 Å². The third-order valence-electron chi connectivity index (χ3n) is 5.71. The Kier molecular flexibility index (Phi) is 9.94. The molecule has 2 saturated heterocycles. The van der Waals surface area contributed by atoms with E-state index in [0.717, 1.165) is 38.6 Å². The second-order valence-corrected chi connectivity index (χ2v) is 7.43. The molecule has 1 aromatic carbocycles. The zero-order valence-electron chi connectivity index (χ0n) is 15.9. The summed E-state index contributed by atoms with van der Waals surface area (Å²) >= 11 is 0. The van der Waals surface area contributed by atoms with Gasteiger partial charge < -0.3 is 10.2 Å². The van der Waals surface area contributed by atoms with Gasteiger partial charge in [-0.2, -0.15) is 0 Å². The second-order valence-electron chi connectivity index (χ2n) is 7.43. The Morgan fingerprint density at radius 1 is 1.15 bits per heavy atom. The number of halogens is 2. The first-order valence-electron chi connectivity index (χ1n) is 9.44. The van der Waals surface area contributed by atoms with Gasteiger partial charge in [0.2, 0.25) is 5.91 Å². The van der Waals surface area contributed by atoms with Crippen molar-refractivity contribution in [1.29, 1.82) is 0 Å². The Morgan fingerprint density at radius 2 is 1.81 bits per heavy atom. The van der Waals surface area contributed by atoms with Gasteiger partial charge in [-0.25, -0.2) is 0 Å². The van der Waals surface area contributed by atoms with Crippen LogP contribution in [-0.4, -0.2) is 60.5 Å². The molecule has 2 fully saturated rings. The molecule has 6 heteroatoms. The lowest BCUT2D eigenvalue weighted by Gasteiger charge is -2.40. The van der Waals surface area contributed by atoms with Crippen LogP contribution in [0.3, 0.4) is 0 Å². The predicted molar refractivity (Wildman–Crippen MR) is 112 cm³/mol. The van der Waals surface area contributed by atoms with E-state index < -0.39 is 0 Å². The van der Waals surface area contributed by atoms with Crippen LogP contribution in [0.1, 0.15) is 32.3 Å². The van der Waals surface area contributed by atoms with Gasteiger partial charge >= 0.3 is 0 Å². The summed E-state index contributed by atoms with van der Waals surface area (Å²) in [5.41, 5.74) is 1.44. The van der Waals surface area contributed by atoms with Crippen molar-refractivity contribution in [2.45, 2.75) is 45.2 Å². The number of carbonyl (C=O) groups excluding carboxylic acids is 1. The maximum absolute atomic E-state index is 12.8. The average molecular weight is 402 g/mol. The van der Waals surface area contributed by atoms with Gasteiger partial charge in [0.05, 0.1) is 6.04 Å². The van der Waals surface area contributed by atoms with E-state index in [1.165, 1.54) is 24.8 Å². The fourth-order valence-corrected chi connectivity index (χ4v) is 4.06. The molecule has 3 rings (SSSR count). The van der Waals surface area contributed by atoms with Crippen LogP contribution in [0.5, 0.6) is 0 Å². The number of nitrogens with one attached hydrogen (secondary N) is 1. The van der Waals surface area contributed by atoms with Crippen LogP contribution in [0, 0.1) is 5.92 Å². The van der Waals surface area contributed by atoms with Gasteiger partial charge in [0.15, 0.2) is 0 Å². The molecule has 0 aliphatic carbocycles. The van der Waals surface area contributed by atoms with Crippen molar-refractivity contribution in [2.24, 2.45) is 5.92 Å². The molecule has 148 valence electrons. The van der Waals surface area contributed by atoms with Gasteiger partial charge in [0.25, 0.3) is 0 Å². The van der Waals surface area contributed by atoms with Gasteiger partial charge in [-0.15, -0.1) is 24.8 Å². The highest BCUT2D eigenvalue weighted by Gasteiger charge is 2.32. The standard InChI is InChI=1S/C20H31N3O.2ClH/c1-16-15-21-10-13-23(16)20(24)17(2)22-11-8-19(9-12-22)14-18-6-4-3-5-7-18;;/h3-7,16-17,19,21H,8-15H2,1-2H3;2*1H. The fourth-order valence-electron chi connectivity index (χ4n) is 4.06. The maximum atomic E-state index is 12.8. The monoisotopic (exact) mass is 401 g/mol. The Labute approximate surface area is 170 Å². The molecule has 26 heavy (non-hydrogen) atoms. The fraction of sp³-hybridized carbons (Fsp3) is 0.650. The largest absolute Gasteiger partial charge is 0.336 e. The summed E-state index contributed by atoms with van der Waals surface area (Å²) in [7, 11) is 0. The van der Waals surface area contributed by atoms with E-state index in [9.17, 15) is 4.79 Å². The van der Waals surface area contributed by atoms with Gasteiger partial charge in [0, 0.05) is 25.7 Å². The van der Waals surface area contributed by atoms with E-state index in [1.54, 1.807) is 0 Å². The number of hydrogen-bond donors (Lipinski definition) is 1. The highest BCUT2D eigenvalue weighted by Crippen LogP contribution is 2.23. The lowest BCUT2D eigenvalue weighted by molar-refractivity contribution is -0.139. The lowest BCUT2D eigenvalue weighted by Crippen LogP contribution is -2.57. The number of piperidine rings is 1. The van der Waals surface area contributed by atoms with Gasteiger partial charge in [-0.3, -0.25) is 9.69 Å². The van der Waals surface area contributed by atoms with Crippen LogP contribution in [0.2, 0.25) is 0 Å². The number of amides is 1. The molecule has 2 unspecified atom stereocenters. The van der Waals surface area contributed by atoms with Crippen LogP contribution >= 0.6 is 24.8 Å². The van der Waals surface area contributed by atoms with Gasteiger partial charge in [0.1, 0.15) is 0 Å². The van der Waals surface area contributed by atoms with Crippen LogP contribution in [-0.2, 0) is 11.2 Å². The highest BCUT2D eigenvalue weighted by atomic mass is 35.5. The van der Waals surface area contributed by atoms with Crippen molar-refractivity contribution >= 4 is 30.7 Å². The minimum atomic E-state index is 0. The molecule has 2 heterocycles. The van der Waals surface area contributed by atoms with Crippen molar-refractivity contribution in [1.82, 2.24) is 15.1 Å². The average Bonchev–Trinajstić information content (AvgIpc) is 2.62. The first-order valence-corrected chi connectivity index (χ1v) is 9.44. The van der Waals surface area contributed by atoms with Gasteiger partial charge in [-0.1, -0.05) is 30.3 Å². The van der Waals surface area contributed by atoms with E-state index in [-0.39, 0.29) is 30.9 Å². The Morgan fingerprint density at radius 3 is 2.42 bits per heavy atom. The first-order chi connectivity index (χ1) is 11.6. The molecule has 0 spiro atoms. The molecule has 1 aromatic rings. The smallest absolute Gasteiger partial charge is 0.239 e. The molecule has 0 saturated carbocycles. The highest BCUT2D eigenvalue weighted by molar-refractivity contribution is 5.85.